The molecular weight excluding hydrogens is 150 g/mol. The van der Waals surface area contributed by atoms with Gasteiger partial charge in [0.15, 0.2) is 0 Å². The molecule has 0 aromatic carbocycles. The fraction of sp³-hybridized carbons (Fsp3) is 0.500. The number of carboxylic acids is 2. The molecule has 0 bridgehead atoms. The number of hydrogen-bond acceptors (Lipinski definition) is 3. The van der Waals surface area contributed by atoms with Gasteiger partial charge in [0.2, 0.25) is 0 Å². The van der Waals surface area contributed by atoms with Crippen LogP contribution in [-0.2, 0) is 9.59 Å². The molecule has 0 aromatic rings. The minimum absolute atomic E-state index is 0.00579. The molecule has 0 rings (SSSR count). The molecule has 0 saturated heterocycles. The van der Waals surface area contributed by atoms with Crippen LogP contribution in [0.25, 0.3) is 0 Å². The van der Waals surface area contributed by atoms with Crippen molar-refractivity contribution >= 4 is 18.7 Å². The van der Waals surface area contributed by atoms with Gasteiger partial charge >= 0.3 is 11.9 Å². The van der Waals surface area contributed by atoms with Gasteiger partial charge in [0.05, 0.1) is 0 Å². The van der Waals surface area contributed by atoms with Gasteiger partial charge in [0, 0.05) is 6.42 Å². The molecule has 1 atom stereocenters. The number of hydrogen-bond donors (Lipinski definition) is 2. The number of nitrogens with zero attached hydrogens (tertiary/aromatic N) is 1. The van der Waals surface area contributed by atoms with Crippen LogP contribution in [0, 0.1) is 0 Å². The molecule has 0 aliphatic heterocycles. The van der Waals surface area contributed by atoms with Crippen LogP contribution >= 0.6 is 0 Å². The topological polar surface area (TPSA) is 87.0 Å². The average Bonchev–Trinajstić information content (AvgIpc) is 1.87. The highest BCUT2D eigenvalue weighted by Gasteiger charge is 2.15. The minimum Gasteiger partial charge on any atom is -0.481 e. The van der Waals surface area contributed by atoms with Crippen molar-refractivity contribution in [3.05, 3.63) is 0 Å². The Labute approximate surface area is 63.4 Å². The van der Waals surface area contributed by atoms with Gasteiger partial charge in [-0.1, -0.05) is 0 Å². The molecule has 0 spiro atoms. The molecule has 11 heavy (non-hydrogen) atoms. The summed E-state index contributed by atoms with van der Waals surface area (Å²) < 4.78 is 0. The number of aliphatic carboxylic acids is 2. The van der Waals surface area contributed by atoms with E-state index in [4.69, 9.17) is 10.2 Å². The predicted octanol–water partition coefficient (Wildman–Crippen LogP) is 0.00500. The first kappa shape index (κ1) is 9.61. The summed E-state index contributed by atoms with van der Waals surface area (Å²) in [5.41, 5.74) is 0. The normalized spacial score (nSPS) is 12.0. The van der Waals surface area contributed by atoms with E-state index in [0.717, 1.165) is 0 Å². The van der Waals surface area contributed by atoms with Gasteiger partial charge in [-0.15, -0.1) is 0 Å². The Morgan fingerprint density at radius 3 is 2.27 bits per heavy atom. The van der Waals surface area contributed by atoms with Crippen molar-refractivity contribution in [1.29, 1.82) is 0 Å². The van der Waals surface area contributed by atoms with Gasteiger partial charge in [0.1, 0.15) is 6.04 Å². The van der Waals surface area contributed by atoms with Crippen molar-refractivity contribution in [2.24, 2.45) is 4.99 Å². The molecule has 0 aromatic heterocycles. The van der Waals surface area contributed by atoms with Gasteiger partial charge in [-0.05, 0) is 13.1 Å². The molecule has 62 valence electrons. The van der Waals surface area contributed by atoms with Crippen molar-refractivity contribution in [3.8, 4) is 0 Å². The maximum atomic E-state index is 10.2. The number of carbonyl (C=O) groups is 2. The van der Waals surface area contributed by atoms with Gasteiger partial charge in [0.25, 0.3) is 0 Å². The fourth-order valence-corrected chi connectivity index (χ4v) is 0.553. The van der Waals surface area contributed by atoms with Gasteiger partial charge in [-0.3, -0.25) is 9.79 Å². The first-order valence-corrected chi connectivity index (χ1v) is 2.98. The van der Waals surface area contributed by atoms with Gasteiger partial charge in [-0.2, -0.15) is 0 Å². The zero-order valence-corrected chi connectivity index (χ0v) is 5.86. The molecule has 0 aliphatic carbocycles. The van der Waals surface area contributed by atoms with Crippen LogP contribution in [0.1, 0.15) is 12.8 Å². The SMILES string of the molecule is C=N[C@H](CCC(=O)O)C(=O)O. The van der Waals surface area contributed by atoms with Crippen molar-refractivity contribution in [3.63, 3.8) is 0 Å². The van der Waals surface area contributed by atoms with Crippen molar-refractivity contribution in [1.82, 2.24) is 0 Å². The number of carboxylic acid groups (broad SMARTS) is 2. The Bertz CT molecular complexity index is 177. The number of rotatable bonds is 5. The lowest BCUT2D eigenvalue weighted by molar-refractivity contribution is -0.139. The average molecular weight is 159 g/mol. The molecule has 2 N–H and O–H groups in total. The van der Waals surface area contributed by atoms with Crippen LogP contribution in [0.15, 0.2) is 4.99 Å². The summed E-state index contributed by atoms with van der Waals surface area (Å²) in [7, 11) is 0. The smallest absolute Gasteiger partial charge is 0.328 e. The minimum atomic E-state index is -1.14. The second-order valence-electron chi connectivity index (χ2n) is 1.97. The largest absolute Gasteiger partial charge is 0.481 e. The highest BCUT2D eigenvalue weighted by atomic mass is 16.4. The Hall–Kier alpha value is -1.39. The quantitative estimate of drug-likeness (QED) is 0.553. The van der Waals surface area contributed by atoms with Gasteiger partial charge in [-0.25, -0.2) is 4.79 Å². The van der Waals surface area contributed by atoms with E-state index in [-0.39, 0.29) is 12.8 Å². The van der Waals surface area contributed by atoms with E-state index in [1.807, 2.05) is 0 Å². The third kappa shape index (κ3) is 4.07. The maximum absolute atomic E-state index is 10.2. The number of aliphatic imine (C=N–C) groups is 1. The van der Waals surface area contributed by atoms with Crippen molar-refractivity contribution in [2.45, 2.75) is 18.9 Å². The van der Waals surface area contributed by atoms with Crippen LogP contribution in [-0.4, -0.2) is 34.9 Å². The summed E-state index contributed by atoms with van der Waals surface area (Å²) in [6, 6.07) is -0.994. The van der Waals surface area contributed by atoms with E-state index in [2.05, 4.69) is 11.7 Å². The predicted molar refractivity (Wildman–Crippen MR) is 37.8 cm³/mol. The zero-order chi connectivity index (χ0) is 8.85. The highest BCUT2D eigenvalue weighted by molar-refractivity contribution is 5.75. The van der Waals surface area contributed by atoms with Crippen LogP contribution in [0.4, 0.5) is 0 Å². The van der Waals surface area contributed by atoms with E-state index < -0.39 is 18.0 Å². The molecule has 0 radical (unpaired) electrons. The van der Waals surface area contributed by atoms with E-state index in [1.54, 1.807) is 0 Å². The second kappa shape index (κ2) is 4.43. The third-order valence-electron chi connectivity index (χ3n) is 1.14. The van der Waals surface area contributed by atoms with E-state index in [9.17, 15) is 9.59 Å². The van der Waals surface area contributed by atoms with Crippen molar-refractivity contribution in [2.75, 3.05) is 0 Å². The van der Waals surface area contributed by atoms with E-state index >= 15 is 0 Å². The summed E-state index contributed by atoms with van der Waals surface area (Å²) in [5.74, 6) is -2.17. The monoisotopic (exact) mass is 159 g/mol. The molecule has 0 unspecified atom stereocenters. The first-order chi connectivity index (χ1) is 5.07. The highest BCUT2D eigenvalue weighted by Crippen LogP contribution is 2.00. The Morgan fingerprint density at radius 1 is 1.45 bits per heavy atom. The second-order valence-corrected chi connectivity index (χ2v) is 1.97. The Balaban J connectivity index is 3.79. The van der Waals surface area contributed by atoms with Crippen molar-refractivity contribution < 1.29 is 19.8 Å². The van der Waals surface area contributed by atoms with Crippen LogP contribution in [0.5, 0.6) is 0 Å². The zero-order valence-electron chi connectivity index (χ0n) is 5.86. The summed E-state index contributed by atoms with van der Waals surface area (Å²) in [4.78, 5) is 23.5. The van der Waals surface area contributed by atoms with Crippen LogP contribution < -0.4 is 0 Å². The van der Waals surface area contributed by atoms with E-state index in [1.165, 1.54) is 0 Å². The summed E-state index contributed by atoms with van der Waals surface area (Å²) in [5, 5.41) is 16.5. The van der Waals surface area contributed by atoms with Crippen LogP contribution in [0.2, 0.25) is 0 Å². The fourth-order valence-electron chi connectivity index (χ4n) is 0.553. The van der Waals surface area contributed by atoms with E-state index in [0.29, 0.717) is 0 Å². The lowest BCUT2D eigenvalue weighted by Gasteiger charge is -2.02. The molecular formula is C6H9NO4. The Morgan fingerprint density at radius 2 is 2.00 bits per heavy atom. The molecule has 5 nitrogen and oxygen atoms in total. The first-order valence-electron chi connectivity index (χ1n) is 2.98. The third-order valence-corrected chi connectivity index (χ3v) is 1.14. The standard InChI is InChI=1S/C6H9NO4/c1-7-4(6(10)11)2-3-5(8)9/h4H,1-3H2,(H,8,9)(H,10,11)/t4-/m1/s1. The van der Waals surface area contributed by atoms with Crippen LogP contribution in [0.3, 0.4) is 0 Å². The summed E-state index contributed by atoms with van der Waals surface area (Å²) >= 11 is 0. The molecule has 0 saturated carbocycles. The van der Waals surface area contributed by atoms with Gasteiger partial charge < -0.3 is 10.2 Å². The Kier molecular flexibility index (Phi) is 3.87. The molecule has 0 fully saturated rings. The molecule has 0 heterocycles. The molecule has 0 amide bonds. The lowest BCUT2D eigenvalue weighted by atomic mass is 10.2. The lowest BCUT2D eigenvalue weighted by Crippen LogP contribution is -2.18. The maximum Gasteiger partial charge on any atom is 0.328 e. The summed E-state index contributed by atoms with van der Waals surface area (Å²) in [6.45, 7) is 3.04. The molecule has 5 heteroatoms. The molecule has 0 aliphatic rings. The summed E-state index contributed by atoms with van der Waals surface area (Å²) in [6.07, 6.45) is -0.204.